The van der Waals surface area contributed by atoms with E-state index >= 15 is 0 Å². The van der Waals surface area contributed by atoms with Gasteiger partial charge in [-0.1, -0.05) is 6.58 Å². The Balaban J connectivity index is 0.000000771. The van der Waals surface area contributed by atoms with Crippen molar-refractivity contribution in [2.45, 2.75) is 25.9 Å². The van der Waals surface area contributed by atoms with Crippen LogP contribution in [0, 0.1) is 0 Å². The van der Waals surface area contributed by atoms with Crippen molar-refractivity contribution in [1.82, 2.24) is 14.7 Å². The quantitative estimate of drug-likeness (QED) is 0.771. The van der Waals surface area contributed by atoms with Crippen molar-refractivity contribution >= 4 is 5.91 Å². The number of hydrogen-bond donors (Lipinski definition) is 1. The second-order valence-corrected chi connectivity index (χ2v) is 4.09. The van der Waals surface area contributed by atoms with Crippen molar-refractivity contribution in [3.8, 4) is 0 Å². The van der Waals surface area contributed by atoms with Gasteiger partial charge in [0, 0.05) is 12.7 Å². The van der Waals surface area contributed by atoms with E-state index in [0.29, 0.717) is 6.54 Å². The van der Waals surface area contributed by atoms with Gasteiger partial charge in [-0.3, -0.25) is 9.48 Å². The van der Waals surface area contributed by atoms with Crippen LogP contribution in [0.15, 0.2) is 24.7 Å². The lowest BCUT2D eigenvalue weighted by Gasteiger charge is -2.37. The van der Waals surface area contributed by atoms with Gasteiger partial charge >= 0.3 is 0 Å². The standard InChI is InChI=1S/C11H14FN3O.CH5N/c1-7-6-14(11(16)8(2)12)9(3)10-4-5-13-15(7)10;1-2/h4-5,7,9H,2,6H2,1,3H3;2H2,1H3. The first-order chi connectivity index (χ1) is 8.52. The maximum atomic E-state index is 12.9. The molecule has 0 fully saturated rings. The molecule has 2 unspecified atom stereocenters. The maximum Gasteiger partial charge on any atom is 0.282 e. The molecule has 2 rings (SSSR count). The molecule has 18 heavy (non-hydrogen) atoms. The van der Waals surface area contributed by atoms with E-state index in [2.05, 4.69) is 17.4 Å². The van der Waals surface area contributed by atoms with E-state index in [-0.39, 0.29) is 12.1 Å². The van der Waals surface area contributed by atoms with Crippen LogP contribution >= 0.6 is 0 Å². The molecule has 6 heteroatoms. The molecule has 2 atom stereocenters. The van der Waals surface area contributed by atoms with Gasteiger partial charge in [0.05, 0.1) is 17.8 Å². The van der Waals surface area contributed by atoms with Gasteiger partial charge in [-0.15, -0.1) is 0 Å². The summed E-state index contributed by atoms with van der Waals surface area (Å²) in [4.78, 5) is 13.1. The van der Waals surface area contributed by atoms with E-state index in [1.165, 1.54) is 11.9 Å². The Kier molecular flexibility index (Phi) is 4.61. The van der Waals surface area contributed by atoms with Crippen molar-refractivity contribution in [3.63, 3.8) is 0 Å². The van der Waals surface area contributed by atoms with E-state index in [1.54, 1.807) is 6.20 Å². The van der Waals surface area contributed by atoms with Crippen molar-refractivity contribution in [3.05, 3.63) is 30.4 Å². The van der Waals surface area contributed by atoms with Gasteiger partial charge < -0.3 is 10.6 Å². The van der Waals surface area contributed by atoms with Crippen LogP contribution in [0.5, 0.6) is 0 Å². The normalized spacial score (nSPS) is 21.7. The van der Waals surface area contributed by atoms with Crippen LogP contribution in [0.4, 0.5) is 4.39 Å². The predicted octanol–water partition coefficient (Wildman–Crippen LogP) is 1.41. The Labute approximate surface area is 106 Å². The predicted molar refractivity (Wildman–Crippen MR) is 67.4 cm³/mol. The molecule has 0 saturated heterocycles. The van der Waals surface area contributed by atoms with Gasteiger partial charge in [-0.25, -0.2) is 4.39 Å². The van der Waals surface area contributed by atoms with E-state index < -0.39 is 11.7 Å². The minimum atomic E-state index is -0.910. The number of hydrogen-bond acceptors (Lipinski definition) is 3. The smallest absolute Gasteiger partial charge is 0.282 e. The molecule has 2 N–H and O–H groups in total. The summed E-state index contributed by atoms with van der Waals surface area (Å²) in [6.07, 6.45) is 1.70. The molecule has 0 saturated carbocycles. The highest BCUT2D eigenvalue weighted by atomic mass is 19.1. The summed E-state index contributed by atoms with van der Waals surface area (Å²) in [6, 6.07) is 1.74. The molecule has 0 spiro atoms. The summed E-state index contributed by atoms with van der Waals surface area (Å²) in [5, 5.41) is 4.19. The molecular weight excluding hydrogens is 235 g/mol. The Morgan fingerprint density at radius 1 is 1.56 bits per heavy atom. The van der Waals surface area contributed by atoms with Gasteiger partial charge in [0.1, 0.15) is 0 Å². The largest absolute Gasteiger partial charge is 0.333 e. The Morgan fingerprint density at radius 2 is 2.17 bits per heavy atom. The summed E-state index contributed by atoms with van der Waals surface area (Å²) in [7, 11) is 1.50. The zero-order valence-electron chi connectivity index (χ0n) is 10.9. The minimum Gasteiger partial charge on any atom is -0.333 e. The molecule has 0 radical (unpaired) electrons. The maximum absolute atomic E-state index is 12.9. The Bertz CT molecular complexity index is 443. The summed E-state index contributed by atoms with van der Waals surface area (Å²) < 4.78 is 14.7. The molecule has 0 aromatic carbocycles. The zero-order valence-corrected chi connectivity index (χ0v) is 10.9. The number of amides is 1. The lowest BCUT2D eigenvalue weighted by Crippen LogP contribution is -2.43. The van der Waals surface area contributed by atoms with Gasteiger partial charge in [0.25, 0.3) is 5.91 Å². The molecule has 0 bridgehead atoms. The number of rotatable bonds is 1. The molecule has 1 aliphatic rings. The summed E-state index contributed by atoms with van der Waals surface area (Å²) in [5.74, 6) is -1.54. The van der Waals surface area contributed by atoms with Crippen LogP contribution in [-0.4, -0.2) is 34.2 Å². The number of fused-ring (bicyclic) bond motifs is 1. The van der Waals surface area contributed by atoms with Crippen LogP contribution in [-0.2, 0) is 4.79 Å². The first-order valence-corrected chi connectivity index (χ1v) is 5.79. The number of carbonyl (C=O) groups is 1. The number of carbonyl (C=O) groups excluding carboxylic acids is 1. The lowest BCUT2D eigenvalue weighted by molar-refractivity contribution is -0.132. The molecular formula is C12H19FN4O. The fourth-order valence-corrected chi connectivity index (χ4v) is 2.12. The fraction of sp³-hybridized carbons (Fsp3) is 0.500. The highest BCUT2D eigenvalue weighted by Gasteiger charge is 2.32. The Hall–Kier alpha value is -1.69. The monoisotopic (exact) mass is 254 g/mol. The SMILES string of the molecule is C=C(F)C(=O)N1CC(C)n2nccc2C1C.CN. The van der Waals surface area contributed by atoms with Crippen LogP contribution in [0.3, 0.4) is 0 Å². The van der Waals surface area contributed by atoms with Crippen LogP contribution in [0.1, 0.15) is 31.6 Å². The average Bonchev–Trinajstić information content (AvgIpc) is 2.85. The third kappa shape index (κ3) is 2.43. The number of nitrogens with two attached hydrogens (primary N) is 1. The molecule has 2 heterocycles. The molecule has 100 valence electrons. The van der Waals surface area contributed by atoms with Crippen LogP contribution in [0.25, 0.3) is 0 Å². The number of aromatic nitrogens is 2. The molecule has 1 amide bonds. The number of nitrogens with zero attached hydrogens (tertiary/aromatic N) is 3. The summed E-state index contributed by atoms with van der Waals surface area (Å²) in [5.41, 5.74) is 5.42. The van der Waals surface area contributed by atoms with Crippen molar-refractivity contribution in [2.75, 3.05) is 13.6 Å². The highest BCUT2D eigenvalue weighted by molar-refractivity contribution is 5.91. The second-order valence-electron chi connectivity index (χ2n) is 4.09. The average molecular weight is 254 g/mol. The molecule has 1 aromatic heterocycles. The number of halogens is 1. The van der Waals surface area contributed by atoms with Crippen LogP contribution < -0.4 is 5.73 Å². The van der Waals surface area contributed by atoms with E-state index in [9.17, 15) is 9.18 Å². The molecule has 1 aliphatic heterocycles. The van der Waals surface area contributed by atoms with E-state index in [4.69, 9.17) is 0 Å². The van der Waals surface area contributed by atoms with Gasteiger partial charge in [0.2, 0.25) is 0 Å². The van der Waals surface area contributed by atoms with Gasteiger partial charge in [-0.2, -0.15) is 5.10 Å². The first kappa shape index (κ1) is 14.4. The molecule has 0 aliphatic carbocycles. The topological polar surface area (TPSA) is 64.2 Å². The molecule has 1 aromatic rings. The fourth-order valence-electron chi connectivity index (χ4n) is 2.12. The van der Waals surface area contributed by atoms with Crippen molar-refractivity contribution < 1.29 is 9.18 Å². The van der Waals surface area contributed by atoms with E-state index in [1.807, 2.05) is 24.6 Å². The third-order valence-electron chi connectivity index (χ3n) is 2.97. The third-order valence-corrected chi connectivity index (χ3v) is 2.97. The summed E-state index contributed by atoms with van der Waals surface area (Å²) in [6.45, 7) is 7.32. The summed E-state index contributed by atoms with van der Waals surface area (Å²) >= 11 is 0. The second kappa shape index (κ2) is 5.77. The van der Waals surface area contributed by atoms with Crippen molar-refractivity contribution in [1.29, 1.82) is 0 Å². The van der Waals surface area contributed by atoms with Gasteiger partial charge in [-0.05, 0) is 27.0 Å². The zero-order chi connectivity index (χ0) is 13.9. The first-order valence-electron chi connectivity index (χ1n) is 5.79. The van der Waals surface area contributed by atoms with E-state index in [0.717, 1.165) is 5.69 Å². The minimum absolute atomic E-state index is 0.0597. The van der Waals surface area contributed by atoms with Crippen LogP contribution in [0.2, 0.25) is 0 Å². The lowest BCUT2D eigenvalue weighted by atomic mass is 10.1. The molecule has 5 nitrogen and oxygen atoms in total. The Morgan fingerprint density at radius 3 is 2.72 bits per heavy atom. The highest BCUT2D eigenvalue weighted by Crippen LogP contribution is 2.30. The van der Waals surface area contributed by atoms with Crippen molar-refractivity contribution in [2.24, 2.45) is 5.73 Å². The van der Waals surface area contributed by atoms with Gasteiger partial charge in [0.15, 0.2) is 5.83 Å².